The summed E-state index contributed by atoms with van der Waals surface area (Å²) in [6, 6.07) is -0.736. The van der Waals surface area contributed by atoms with Crippen molar-refractivity contribution in [2.75, 3.05) is 0 Å². The van der Waals surface area contributed by atoms with Crippen molar-refractivity contribution in [2.45, 2.75) is 97.4 Å². The highest BCUT2D eigenvalue weighted by atomic mass is 16.4. The molecule has 0 aliphatic rings. The van der Waals surface area contributed by atoms with E-state index in [1.807, 2.05) is 0 Å². The lowest BCUT2D eigenvalue weighted by atomic mass is 9.89. The molecule has 0 saturated heterocycles. The minimum atomic E-state index is -0.915. The normalized spacial score (nSPS) is 12.4. The van der Waals surface area contributed by atoms with Gasteiger partial charge in [0, 0.05) is 6.92 Å². The van der Waals surface area contributed by atoms with E-state index >= 15 is 0 Å². The van der Waals surface area contributed by atoms with Crippen molar-refractivity contribution in [3.63, 3.8) is 0 Å². The summed E-state index contributed by atoms with van der Waals surface area (Å²) in [5, 5.41) is 11.9. The summed E-state index contributed by atoms with van der Waals surface area (Å²) in [7, 11) is 0. The topological polar surface area (TPSA) is 66.4 Å². The zero-order chi connectivity index (χ0) is 16.8. The highest BCUT2D eigenvalue weighted by molar-refractivity contribution is 5.82. The third kappa shape index (κ3) is 11.6. The number of amides is 1. The Morgan fingerprint density at radius 1 is 0.909 bits per heavy atom. The molecule has 0 aliphatic heterocycles. The molecule has 4 heteroatoms. The molecule has 1 amide bonds. The molecule has 0 saturated carbocycles. The van der Waals surface area contributed by atoms with E-state index in [4.69, 9.17) is 0 Å². The molecular weight excluding hydrogens is 278 g/mol. The van der Waals surface area contributed by atoms with Crippen LogP contribution < -0.4 is 5.32 Å². The Morgan fingerprint density at radius 2 is 1.41 bits per heavy atom. The molecule has 0 rings (SSSR count). The fourth-order valence-electron chi connectivity index (χ4n) is 2.90. The van der Waals surface area contributed by atoms with Gasteiger partial charge in [0.25, 0.3) is 0 Å². The number of rotatable bonds is 14. The van der Waals surface area contributed by atoms with Crippen molar-refractivity contribution < 1.29 is 14.7 Å². The summed E-state index contributed by atoms with van der Waals surface area (Å²) in [5.41, 5.74) is 0. The first-order valence-electron chi connectivity index (χ1n) is 9.01. The summed E-state index contributed by atoms with van der Waals surface area (Å²) in [6.45, 7) is 5.77. The standard InChI is InChI=1S/C18H35NO3/c1-4-6-8-10-12-16(13-11-9-7-5-2)14-17(18(21)22)19-15(3)20/h16-17H,4-14H2,1-3H3,(H,19,20)(H,21,22). The Hall–Kier alpha value is -1.06. The number of unbranched alkanes of at least 4 members (excludes halogenated alkanes) is 6. The van der Waals surface area contributed by atoms with Crippen molar-refractivity contribution in [2.24, 2.45) is 5.92 Å². The van der Waals surface area contributed by atoms with Crippen LogP contribution in [-0.4, -0.2) is 23.0 Å². The second kappa shape index (κ2) is 13.6. The number of nitrogens with one attached hydrogen (secondary N) is 1. The number of carbonyl (C=O) groups excluding carboxylic acids is 1. The maximum absolute atomic E-state index is 11.3. The fraction of sp³-hybridized carbons (Fsp3) is 0.889. The van der Waals surface area contributed by atoms with E-state index in [9.17, 15) is 14.7 Å². The van der Waals surface area contributed by atoms with Crippen LogP contribution in [0.2, 0.25) is 0 Å². The van der Waals surface area contributed by atoms with Crippen molar-refractivity contribution in [3.8, 4) is 0 Å². The van der Waals surface area contributed by atoms with Crippen molar-refractivity contribution in [1.29, 1.82) is 0 Å². The summed E-state index contributed by atoms with van der Waals surface area (Å²) < 4.78 is 0. The van der Waals surface area contributed by atoms with Crippen LogP contribution >= 0.6 is 0 Å². The van der Waals surface area contributed by atoms with Crippen LogP contribution in [0.4, 0.5) is 0 Å². The number of hydrogen-bond acceptors (Lipinski definition) is 2. The smallest absolute Gasteiger partial charge is 0.326 e. The zero-order valence-electron chi connectivity index (χ0n) is 14.7. The van der Waals surface area contributed by atoms with Gasteiger partial charge in [-0.3, -0.25) is 4.79 Å². The van der Waals surface area contributed by atoms with Gasteiger partial charge in [0.05, 0.1) is 0 Å². The molecule has 0 aromatic carbocycles. The lowest BCUT2D eigenvalue weighted by Gasteiger charge is -2.21. The van der Waals surface area contributed by atoms with Gasteiger partial charge >= 0.3 is 5.97 Å². The lowest BCUT2D eigenvalue weighted by Crippen LogP contribution is -2.41. The van der Waals surface area contributed by atoms with E-state index in [-0.39, 0.29) is 5.91 Å². The van der Waals surface area contributed by atoms with Crippen molar-refractivity contribution >= 4 is 11.9 Å². The average Bonchev–Trinajstić information content (AvgIpc) is 2.46. The average molecular weight is 313 g/mol. The molecule has 0 heterocycles. The molecule has 2 N–H and O–H groups in total. The minimum Gasteiger partial charge on any atom is -0.480 e. The quantitative estimate of drug-likeness (QED) is 0.463. The van der Waals surface area contributed by atoms with Gasteiger partial charge in [-0.15, -0.1) is 0 Å². The van der Waals surface area contributed by atoms with E-state index in [0.29, 0.717) is 12.3 Å². The monoisotopic (exact) mass is 313 g/mol. The van der Waals surface area contributed by atoms with Crippen LogP contribution in [0.3, 0.4) is 0 Å². The number of hydrogen-bond donors (Lipinski definition) is 2. The molecule has 0 fully saturated rings. The van der Waals surface area contributed by atoms with Gasteiger partial charge in [-0.05, 0) is 12.3 Å². The van der Waals surface area contributed by atoms with Gasteiger partial charge in [-0.2, -0.15) is 0 Å². The van der Waals surface area contributed by atoms with Gasteiger partial charge in [-0.25, -0.2) is 4.79 Å². The van der Waals surface area contributed by atoms with E-state index in [1.54, 1.807) is 0 Å². The Kier molecular flexibility index (Phi) is 12.9. The maximum Gasteiger partial charge on any atom is 0.326 e. The number of carboxylic acids is 1. The second-order valence-electron chi connectivity index (χ2n) is 6.39. The summed E-state index contributed by atoms with van der Waals surface area (Å²) >= 11 is 0. The third-order valence-electron chi connectivity index (χ3n) is 4.18. The predicted octanol–water partition coefficient (Wildman–Crippen LogP) is 4.52. The highest BCUT2D eigenvalue weighted by Crippen LogP contribution is 2.23. The SMILES string of the molecule is CCCCCCC(CCCCCC)CC(NC(C)=O)C(=O)O. The van der Waals surface area contributed by atoms with Crippen molar-refractivity contribution in [3.05, 3.63) is 0 Å². The number of carbonyl (C=O) groups is 2. The number of aliphatic carboxylic acids is 1. The first-order chi connectivity index (χ1) is 10.5. The first kappa shape index (κ1) is 20.9. The van der Waals surface area contributed by atoms with E-state index in [2.05, 4.69) is 19.2 Å². The van der Waals surface area contributed by atoms with Crippen molar-refractivity contribution in [1.82, 2.24) is 5.32 Å². The lowest BCUT2D eigenvalue weighted by molar-refractivity contribution is -0.142. The number of carboxylic acid groups (broad SMARTS) is 1. The van der Waals surface area contributed by atoms with Crippen LogP contribution in [0.25, 0.3) is 0 Å². The van der Waals surface area contributed by atoms with Crippen LogP contribution in [0.1, 0.15) is 91.4 Å². The molecule has 0 aromatic heterocycles. The zero-order valence-corrected chi connectivity index (χ0v) is 14.7. The molecule has 22 heavy (non-hydrogen) atoms. The molecule has 0 aliphatic carbocycles. The summed E-state index contributed by atoms with van der Waals surface area (Å²) in [5.74, 6) is -0.771. The Labute approximate surface area is 136 Å². The van der Waals surface area contributed by atoms with Gasteiger partial charge < -0.3 is 10.4 Å². The summed E-state index contributed by atoms with van der Waals surface area (Å²) in [6.07, 6.45) is 12.4. The van der Waals surface area contributed by atoms with Crippen LogP contribution in [-0.2, 0) is 9.59 Å². The maximum atomic E-state index is 11.3. The third-order valence-corrected chi connectivity index (χ3v) is 4.18. The predicted molar refractivity (Wildman–Crippen MR) is 90.9 cm³/mol. The van der Waals surface area contributed by atoms with Crippen LogP contribution in [0.5, 0.6) is 0 Å². The molecule has 0 bridgehead atoms. The van der Waals surface area contributed by atoms with Gasteiger partial charge in [0.2, 0.25) is 5.91 Å². The Bertz CT molecular complexity index is 293. The van der Waals surface area contributed by atoms with Gasteiger partial charge in [0.1, 0.15) is 6.04 Å². The molecule has 0 spiro atoms. The van der Waals surface area contributed by atoms with E-state index < -0.39 is 12.0 Å². The molecular formula is C18H35NO3. The Morgan fingerprint density at radius 3 is 1.77 bits per heavy atom. The first-order valence-corrected chi connectivity index (χ1v) is 9.01. The highest BCUT2D eigenvalue weighted by Gasteiger charge is 2.22. The molecule has 1 atom stereocenters. The van der Waals surface area contributed by atoms with Crippen LogP contribution in [0.15, 0.2) is 0 Å². The summed E-state index contributed by atoms with van der Waals surface area (Å²) in [4.78, 5) is 22.5. The Balaban J connectivity index is 4.37. The fourth-order valence-corrected chi connectivity index (χ4v) is 2.90. The molecule has 130 valence electrons. The second-order valence-corrected chi connectivity index (χ2v) is 6.39. The van der Waals surface area contributed by atoms with Gasteiger partial charge in [-0.1, -0.05) is 78.1 Å². The van der Waals surface area contributed by atoms with E-state index in [0.717, 1.165) is 12.8 Å². The van der Waals surface area contributed by atoms with Gasteiger partial charge in [0.15, 0.2) is 0 Å². The van der Waals surface area contributed by atoms with Crippen LogP contribution in [0, 0.1) is 5.92 Å². The molecule has 0 radical (unpaired) electrons. The minimum absolute atomic E-state index is 0.261. The molecule has 0 aromatic rings. The van der Waals surface area contributed by atoms with E-state index in [1.165, 1.54) is 58.3 Å². The molecule has 1 unspecified atom stereocenters. The molecule has 4 nitrogen and oxygen atoms in total. The largest absolute Gasteiger partial charge is 0.480 e.